The molecule has 3 rings (SSSR count). The van der Waals surface area contributed by atoms with E-state index >= 15 is 0 Å². The minimum Gasteiger partial charge on any atom is -0.480 e. The molecular weight excluding hydrogens is 456 g/mol. The third-order valence-corrected chi connectivity index (χ3v) is 8.04. The molecule has 0 aromatic heterocycles. The molecule has 1 aromatic carbocycles. The van der Waals surface area contributed by atoms with Crippen LogP contribution in [0.25, 0.3) is 0 Å². The number of rotatable bonds is 7. The predicted octanol–water partition coefficient (Wildman–Crippen LogP) is 3.04. The molecule has 1 aromatic rings. The lowest BCUT2D eigenvalue weighted by atomic mass is 9.65. The number of nitrogens with zero attached hydrogens (tertiary/aromatic N) is 2. The van der Waals surface area contributed by atoms with E-state index in [1.165, 1.54) is 12.0 Å². The summed E-state index contributed by atoms with van der Waals surface area (Å²) in [6.07, 6.45) is 2.21. The summed E-state index contributed by atoms with van der Waals surface area (Å²) in [5, 5.41) is 20.5. The minimum atomic E-state index is -4.08. The summed E-state index contributed by atoms with van der Waals surface area (Å²) < 4.78 is 35.1. The van der Waals surface area contributed by atoms with Crippen LogP contribution < -0.4 is 0 Å². The van der Waals surface area contributed by atoms with Gasteiger partial charge in [-0.2, -0.15) is 8.42 Å². The number of hydrogen-bond acceptors (Lipinski definition) is 8. The van der Waals surface area contributed by atoms with E-state index in [2.05, 4.69) is 0 Å². The number of amides is 1. The maximum Gasteiger partial charge on any atom is 0.410 e. The molecule has 5 atom stereocenters. The van der Waals surface area contributed by atoms with Gasteiger partial charge in [0.2, 0.25) is 0 Å². The molecule has 1 saturated heterocycles. The highest BCUT2D eigenvalue weighted by atomic mass is 32.2. The fourth-order valence-electron chi connectivity index (χ4n) is 5.23. The third kappa shape index (κ3) is 5.27. The average Bonchev–Trinajstić information content (AvgIpc) is 2.80. The van der Waals surface area contributed by atoms with Crippen LogP contribution in [0.4, 0.5) is 10.5 Å². The molecule has 2 aliphatic rings. The van der Waals surface area contributed by atoms with Crippen molar-refractivity contribution < 1.29 is 37.0 Å². The Morgan fingerprint density at radius 1 is 1.21 bits per heavy atom. The summed E-state index contributed by atoms with van der Waals surface area (Å²) in [4.78, 5) is 35.5. The van der Waals surface area contributed by atoms with Crippen molar-refractivity contribution in [3.05, 3.63) is 34.4 Å². The zero-order chi connectivity index (χ0) is 24.3. The van der Waals surface area contributed by atoms with Crippen LogP contribution in [0.15, 0.2) is 29.2 Å². The van der Waals surface area contributed by atoms with Gasteiger partial charge in [0.05, 0.1) is 23.5 Å². The third-order valence-electron chi connectivity index (χ3n) is 6.75. The summed E-state index contributed by atoms with van der Waals surface area (Å²) in [6.45, 7) is 1.85. The second-order valence-electron chi connectivity index (χ2n) is 8.54. The Bertz CT molecular complexity index is 995. The van der Waals surface area contributed by atoms with E-state index in [-0.39, 0.29) is 47.4 Å². The van der Waals surface area contributed by atoms with E-state index in [1.54, 1.807) is 0 Å². The number of piperidine rings is 1. The maximum absolute atomic E-state index is 12.5. The van der Waals surface area contributed by atoms with Gasteiger partial charge >= 0.3 is 12.1 Å². The SMILES string of the molecule is CCC1[C@@H]2CC[C@H](COS(=O)(=O)c3ccc([N+](=O)[O-])cc3)C[C@@H]2C[C@@H](C(=O)O)N1C(=O)OC. The van der Waals surface area contributed by atoms with Gasteiger partial charge in [-0.1, -0.05) is 6.92 Å². The van der Waals surface area contributed by atoms with Crippen molar-refractivity contribution >= 4 is 27.9 Å². The Labute approximate surface area is 191 Å². The number of ether oxygens (including phenoxy) is 1. The van der Waals surface area contributed by atoms with E-state index < -0.39 is 33.1 Å². The number of aliphatic carboxylic acids is 1. The van der Waals surface area contributed by atoms with Gasteiger partial charge in [0.15, 0.2) is 0 Å². The average molecular weight is 485 g/mol. The van der Waals surface area contributed by atoms with Crippen molar-refractivity contribution in [1.82, 2.24) is 4.90 Å². The first-order valence-electron chi connectivity index (χ1n) is 10.8. The van der Waals surface area contributed by atoms with Crippen LogP contribution >= 0.6 is 0 Å². The molecule has 11 nitrogen and oxygen atoms in total. The number of methoxy groups -OCH3 is 1. The number of carbonyl (C=O) groups excluding carboxylic acids is 1. The largest absolute Gasteiger partial charge is 0.480 e. The van der Waals surface area contributed by atoms with Gasteiger partial charge in [-0.25, -0.2) is 9.59 Å². The second-order valence-corrected chi connectivity index (χ2v) is 10.2. The number of hydrogen-bond donors (Lipinski definition) is 1. The van der Waals surface area contributed by atoms with Crippen molar-refractivity contribution in [2.24, 2.45) is 17.8 Å². The van der Waals surface area contributed by atoms with Gasteiger partial charge in [0.25, 0.3) is 15.8 Å². The summed E-state index contributed by atoms with van der Waals surface area (Å²) in [6, 6.07) is 3.23. The van der Waals surface area contributed by atoms with Gasteiger partial charge < -0.3 is 9.84 Å². The van der Waals surface area contributed by atoms with Gasteiger partial charge in [-0.05, 0) is 62.0 Å². The number of carbonyl (C=O) groups is 2. The topological polar surface area (TPSA) is 153 Å². The standard InChI is InChI=1S/C21H28N2O9S/c1-3-18-17-9-4-13(10-14(17)11-19(20(24)25)22(18)21(26)31-2)12-32-33(29,30)16-7-5-15(6-8-16)23(27)28/h5-8,13-14,17-19H,3-4,9-12H2,1-2H3,(H,24,25)/t13-,14+,17+,18?,19-/m0/s1. The number of non-ortho nitro benzene ring substituents is 1. The molecule has 1 amide bonds. The molecule has 0 spiro atoms. The van der Waals surface area contributed by atoms with Crippen LogP contribution in [0, 0.1) is 27.9 Å². The van der Waals surface area contributed by atoms with Crippen molar-refractivity contribution in [2.75, 3.05) is 13.7 Å². The quantitative estimate of drug-likeness (QED) is 0.349. The number of nitro groups is 1. The highest BCUT2D eigenvalue weighted by Gasteiger charge is 2.49. The Morgan fingerprint density at radius 2 is 1.88 bits per heavy atom. The first-order chi connectivity index (χ1) is 15.6. The van der Waals surface area contributed by atoms with Crippen LogP contribution in [0.5, 0.6) is 0 Å². The zero-order valence-corrected chi connectivity index (χ0v) is 19.3. The molecule has 1 saturated carbocycles. The molecule has 1 aliphatic carbocycles. The first kappa shape index (κ1) is 24.9. The molecule has 182 valence electrons. The molecule has 0 bridgehead atoms. The van der Waals surface area contributed by atoms with E-state index in [1.807, 2.05) is 6.92 Å². The number of carboxylic acids is 1. The van der Waals surface area contributed by atoms with Crippen molar-refractivity contribution in [3.63, 3.8) is 0 Å². The Morgan fingerprint density at radius 3 is 2.42 bits per heavy atom. The summed E-state index contributed by atoms with van der Waals surface area (Å²) >= 11 is 0. The number of benzene rings is 1. The highest BCUT2D eigenvalue weighted by Crippen LogP contribution is 2.45. The maximum atomic E-state index is 12.5. The minimum absolute atomic E-state index is 0.0152. The molecule has 0 radical (unpaired) electrons. The Balaban J connectivity index is 1.68. The molecule has 1 aliphatic heterocycles. The van der Waals surface area contributed by atoms with Gasteiger partial charge in [0, 0.05) is 18.2 Å². The first-order valence-corrected chi connectivity index (χ1v) is 12.2. The zero-order valence-electron chi connectivity index (χ0n) is 18.5. The van der Waals surface area contributed by atoms with Crippen LogP contribution in [0.1, 0.15) is 39.0 Å². The number of fused-ring (bicyclic) bond motifs is 1. The predicted molar refractivity (Wildman–Crippen MR) is 115 cm³/mol. The van der Waals surface area contributed by atoms with Crippen LogP contribution in [-0.4, -0.2) is 61.2 Å². The van der Waals surface area contributed by atoms with Gasteiger partial charge in [0.1, 0.15) is 6.04 Å². The molecule has 1 unspecified atom stereocenters. The van der Waals surface area contributed by atoms with Crippen molar-refractivity contribution in [3.8, 4) is 0 Å². The lowest BCUT2D eigenvalue weighted by Crippen LogP contribution is -2.60. The molecule has 12 heteroatoms. The van der Waals surface area contributed by atoms with Crippen LogP contribution in [-0.2, 0) is 23.8 Å². The van der Waals surface area contributed by atoms with Crippen molar-refractivity contribution in [2.45, 2.75) is 56.0 Å². The normalized spacial score (nSPS) is 27.5. The smallest absolute Gasteiger partial charge is 0.410 e. The summed E-state index contributed by atoms with van der Waals surface area (Å²) in [5.41, 5.74) is -0.218. The van der Waals surface area contributed by atoms with E-state index in [4.69, 9.17) is 8.92 Å². The van der Waals surface area contributed by atoms with E-state index in [9.17, 15) is 33.2 Å². The molecule has 33 heavy (non-hydrogen) atoms. The summed E-state index contributed by atoms with van der Waals surface area (Å²) in [7, 11) is -2.84. The molecule has 1 N–H and O–H groups in total. The second kappa shape index (κ2) is 10.0. The Kier molecular flexibility index (Phi) is 7.58. The van der Waals surface area contributed by atoms with Crippen molar-refractivity contribution in [1.29, 1.82) is 0 Å². The van der Waals surface area contributed by atoms with Gasteiger partial charge in [-0.15, -0.1) is 0 Å². The van der Waals surface area contributed by atoms with E-state index in [0.717, 1.165) is 24.3 Å². The van der Waals surface area contributed by atoms with Crippen LogP contribution in [0.3, 0.4) is 0 Å². The lowest BCUT2D eigenvalue weighted by molar-refractivity contribution is -0.384. The number of likely N-dealkylation sites (tertiary alicyclic amines) is 1. The number of carboxylic acid groups (broad SMARTS) is 1. The molecule has 1 heterocycles. The molecule has 2 fully saturated rings. The molecular formula is C21H28N2O9S. The monoisotopic (exact) mass is 484 g/mol. The fraction of sp³-hybridized carbons (Fsp3) is 0.619. The number of nitro benzene ring substituents is 1. The lowest BCUT2D eigenvalue weighted by Gasteiger charge is -2.50. The van der Waals surface area contributed by atoms with Gasteiger partial charge in [-0.3, -0.25) is 19.2 Å². The van der Waals surface area contributed by atoms with Crippen LogP contribution in [0.2, 0.25) is 0 Å². The summed E-state index contributed by atoms with van der Waals surface area (Å²) in [5.74, 6) is -1.05. The fourth-order valence-corrected chi connectivity index (χ4v) is 6.20. The van der Waals surface area contributed by atoms with E-state index in [0.29, 0.717) is 25.7 Å². The highest BCUT2D eigenvalue weighted by molar-refractivity contribution is 7.86. The Hall–Kier alpha value is -2.73.